The van der Waals surface area contributed by atoms with Crippen molar-refractivity contribution in [1.82, 2.24) is 19.4 Å². The van der Waals surface area contributed by atoms with Crippen LogP contribution in [0.25, 0.3) is 0 Å². The van der Waals surface area contributed by atoms with Crippen LogP contribution in [-0.4, -0.2) is 28.3 Å². The highest BCUT2D eigenvalue weighted by Crippen LogP contribution is 2.23. The van der Waals surface area contributed by atoms with E-state index in [1.54, 1.807) is 25.1 Å². The molecule has 0 saturated heterocycles. The second kappa shape index (κ2) is 9.47. The molecule has 9 heteroatoms. The van der Waals surface area contributed by atoms with E-state index in [-0.39, 0.29) is 0 Å². The summed E-state index contributed by atoms with van der Waals surface area (Å²) in [5, 5.41) is 6.49. The van der Waals surface area contributed by atoms with Crippen molar-refractivity contribution in [2.24, 2.45) is 0 Å². The van der Waals surface area contributed by atoms with Crippen molar-refractivity contribution in [2.45, 2.75) is 9.79 Å². The van der Waals surface area contributed by atoms with Crippen LogP contribution in [0, 0.1) is 0 Å². The zero-order chi connectivity index (χ0) is 19.1. The minimum absolute atomic E-state index is 0.639. The van der Waals surface area contributed by atoms with E-state index < -0.39 is 11.0 Å². The predicted octanol–water partition coefficient (Wildman–Crippen LogP) is 3.43. The second-order valence-corrected chi connectivity index (χ2v) is 7.87. The molecule has 0 spiro atoms. The molecule has 0 aliphatic rings. The fourth-order valence-electron chi connectivity index (χ4n) is 2.35. The van der Waals surface area contributed by atoms with Crippen LogP contribution in [0.2, 0.25) is 0 Å². The largest absolute Gasteiger partial charge is 0.340 e. The molecule has 1 unspecified atom stereocenters. The number of benzene rings is 2. The van der Waals surface area contributed by atoms with E-state index in [0.717, 1.165) is 16.3 Å². The molecule has 4 N–H and O–H groups in total. The third-order valence-electron chi connectivity index (χ3n) is 3.50. The minimum atomic E-state index is -1.24. The van der Waals surface area contributed by atoms with Crippen LogP contribution in [0.4, 0.5) is 23.0 Å². The fourth-order valence-corrected chi connectivity index (χ4v) is 3.59. The number of aromatic nitrogens is 2. The first-order chi connectivity index (χ1) is 13.2. The summed E-state index contributed by atoms with van der Waals surface area (Å²) < 4.78 is 17.7. The summed E-state index contributed by atoms with van der Waals surface area (Å²) >= 11 is 1.55. The molecular weight excluding hydrogens is 380 g/mol. The number of hydrogen-bond acceptors (Lipinski definition) is 7. The molecule has 0 bridgehead atoms. The maximum atomic E-state index is 11.9. The quantitative estimate of drug-likeness (QED) is 0.431. The smallest absolute Gasteiger partial charge is 0.135 e. The molecule has 1 atom stereocenters. The Balaban J connectivity index is 1.74. The number of hydrogen-bond donors (Lipinski definition) is 4. The van der Waals surface area contributed by atoms with Crippen LogP contribution in [-0.2, 0) is 11.0 Å². The third-order valence-corrected chi connectivity index (χ3v) is 5.25. The highest BCUT2D eigenvalue weighted by Gasteiger charge is 2.05. The molecule has 0 aliphatic heterocycles. The number of anilines is 4. The van der Waals surface area contributed by atoms with Crippen LogP contribution in [0.3, 0.4) is 0 Å². The van der Waals surface area contributed by atoms with Crippen molar-refractivity contribution in [2.75, 3.05) is 24.7 Å². The van der Waals surface area contributed by atoms with E-state index in [4.69, 9.17) is 0 Å². The Hall–Kier alpha value is -2.46. The van der Waals surface area contributed by atoms with E-state index in [0.29, 0.717) is 16.5 Å². The SMILES string of the molecule is CNSc1cccc(Nc2cc(Nc3cccc(S(=O)NC)c3)ncn2)c1. The van der Waals surface area contributed by atoms with Crippen molar-refractivity contribution in [1.29, 1.82) is 0 Å². The Kier molecular flexibility index (Phi) is 6.77. The fraction of sp³-hybridized carbons (Fsp3) is 0.111. The molecule has 7 nitrogen and oxygen atoms in total. The third kappa shape index (κ3) is 5.51. The number of rotatable bonds is 8. The average molecular weight is 401 g/mol. The average Bonchev–Trinajstić information content (AvgIpc) is 2.68. The van der Waals surface area contributed by atoms with Crippen LogP contribution in [0.5, 0.6) is 0 Å². The summed E-state index contributed by atoms with van der Waals surface area (Å²) in [5.41, 5.74) is 1.74. The molecule has 0 fully saturated rings. The van der Waals surface area contributed by atoms with Gasteiger partial charge in [-0.25, -0.2) is 18.9 Å². The first-order valence-corrected chi connectivity index (χ1v) is 10.1. The summed E-state index contributed by atoms with van der Waals surface area (Å²) in [7, 11) is 2.30. The molecule has 3 rings (SSSR count). The van der Waals surface area contributed by atoms with Crippen molar-refractivity contribution >= 4 is 45.9 Å². The molecule has 3 aromatic rings. The van der Waals surface area contributed by atoms with Gasteiger partial charge in [0.05, 0.1) is 4.90 Å². The van der Waals surface area contributed by atoms with Gasteiger partial charge in [0, 0.05) is 22.3 Å². The molecule has 2 aromatic carbocycles. The lowest BCUT2D eigenvalue weighted by Crippen LogP contribution is -2.10. The standard InChI is InChI=1S/C18H20N6OS2/c1-19-26-15-7-3-5-13(9-15)23-17-11-18(22-12-21-17)24-14-6-4-8-16(10-14)27(25)20-2/h3-12,19-20H,1-2H3,(H2,21,22,23,24). The van der Waals surface area contributed by atoms with E-state index in [1.807, 2.05) is 55.6 Å². The molecule has 0 amide bonds. The first kappa shape index (κ1) is 19.3. The molecule has 0 saturated carbocycles. The van der Waals surface area contributed by atoms with Gasteiger partial charge in [-0.3, -0.25) is 4.72 Å². The Bertz CT molecular complexity index is 937. The van der Waals surface area contributed by atoms with E-state index in [1.165, 1.54) is 6.33 Å². The van der Waals surface area contributed by atoms with E-state index >= 15 is 0 Å². The van der Waals surface area contributed by atoms with Crippen LogP contribution in [0.1, 0.15) is 0 Å². The monoisotopic (exact) mass is 400 g/mol. The predicted molar refractivity (Wildman–Crippen MR) is 112 cm³/mol. The first-order valence-electron chi connectivity index (χ1n) is 8.17. The topological polar surface area (TPSA) is 91.0 Å². The van der Waals surface area contributed by atoms with Crippen LogP contribution in [0.15, 0.2) is 70.7 Å². The zero-order valence-electron chi connectivity index (χ0n) is 14.9. The minimum Gasteiger partial charge on any atom is -0.340 e. The van der Waals surface area contributed by atoms with Gasteiger partial charge in [-0.2, -0.15) is 0 Å². The normalized spacial score (nSPS) is 11.8. The molecular formula is C18H20N6OS2. The lowest BCUT2D eigenvalue weighted by molar-refractivity contribution is 0.678. The zero-order valence-corrected chi connectivity index (χ0v) is 16.5. The van der Waals surface area contributed by atoms with Gasteiger partial charge in [0.1, 0.15) is 28.9 Å². The van der Waals surface area contributed by atoms with Crippen LogP contribution >= 0.6 is 11.9 Å². The molecule has 140 valence electrons. The second-order valence-electron chi connectivity index (χ2n) is 5.37. The highest BCUT2D eigenvalue weighted by atomic mass is 32.2. The van der Waals surface area contributed by atoms with Crippen molar-refractivity contribution in [3.63, 3.8) is 0 Å². The van der Waals surface area contributed by atoms with E-state index in [2.05, 4.69) is 30.0 Å². The molecule has 1 aromatic heterocycles. The summed E-state index contributed by atoms with van der Waals surface area (Å²) in [4.78, 5) is 10.3. The lowest BCUT2D eigenvalue weighted by atomic mass is 10.3. The molecule has 0 aliphatic carbocycles. The summed E-state index contributed by atoms with van der Waals surface area (Å²) in [5.74, 6) is 1.31. The summed E-state index contributed by atoms with van der Waals surface area (Å²) in [6, 6.07) is 17.2. The molecule has 27 heavy (non-hydrogen) atoms. The van der Waals surface area contributed by atoms with Gasteiger partial charge in [0.2, 0.25) is 0 Å². The van der Waals surface area contributed by atoms with Gasteiger partial charge in [-0.05, 0) is 62.4 Å². The number of nitrogens with zero attached hydrogens (tertiary/aromatic N) is 2. The lowest BCUT2D eigenvalue weighted by Gasteiger charge is -2.10. The Morgan fingerprint density at radius 3 is 2.22 bits per heavy atom. The summed E-state index contributed by atoms with van der Waals surface area (Å²) in [6.45, 7) is 0. The van der Waals surface area contributed by atoms with Crippen molar-refractivity contribution < 1.29 is 4.21 Å². The Labute approximate surface area is 165 Å². The Morgan fingerprint density at radius 2 is 1.56 bits per heavy atom. The van der Waals surface area contributed by atoms with Crippen molar-refractivity contribution in [3.05, 3.63) is 60.9 Å². The van der Waals surface area contributed by atoms with Crippen LogP contribution < -0.4 is 20.1 Å². The maximum Gasteiger partial charge on any atom is 0.135 e. The van der Waals surface area contributed by atoms with Crippen molar-refractivity contribution in [3.8, 4) is 0 Å². The Morgan fingerprint density at radius 1 is 0.889 bits per heavy atom. The number of nitrogens with one attached hydrogen (secondary N) is 4. The van der Waals surface area contributed by atoms with E-state index in [9.17, 15) is 4.21 Å². The van der Waals surface area contributed by atoms with Gasteiger partial charge < -0.3 is 10.6 Å². The van der Waals surface area contributed by atoms with Gasteiger partial charge in [0.15, 0.2) is 0 Å². The van der Waals surface area contributed by atoms with Gasteiger partial charge in [-0.15, -0.1) is 0 Å². The highest BCUT2D eigenvalue weighted by molar-refractivity contribution is 7.97. The van der Waals surface area contributed by atoms with Gasteiger partial charge in [0.25, 0.3) is 0 Å². The maximum absolute atomic E-state index is 11.9. The van der Waals surface area contributed by atoms with Gasteiger partial charge in [-0.1, -0.05) is 12.1 Å². The molecule has 0 radical (unpaired) electrons. The summed E-state index contributed by atoms with van der Waals surface area (Å²) in [6.07, 6.45) is 1.49. The molecule has 1 heterocycles. The van der Waals surface area contributed by atoms with Gasteiger partial charge >= 0.3 is 0 Å².